The number of furan rings is 1. The van der Waals surface area contributed by atoms with E-state index in [4.69, 9.17) is 10.2 Å². The van der Waals surface area contributed by atoms with Gasteiger partial charge in [-0.3, -0.25) is 0 Å². The molecule has 0 fully saturated rings. The molecule has 0 amide bonds. The standard InChI is InChI=1S/C12H9NO2/c13-8-5-6-9(14)12-11(8)7-3-1-2-4-10(7)15-12/h1-6,14H,13H2. The minimum Gasteiger partial charge on any atom is -0.504 e. The summed E-state index contributed by atoms with van der Waals surface area (Å²) in [6.45, 7) is 0. The lowest BCUT2D eigenvalue weighted by molar-refractivity contribution is 0.469. The Morgan fingerprint density at radius 1 is 1.07 bits per heavy atom. The molecule has 0 saturated carbocycles. The fourth-order valence-electron chi connectivity index (χ4n) is 1.84. The molecule has 3 rings (SSSR count). The van der Waals surface area contributed by atoms with Gasteiger partial charge >= 0.3 is 0 Å². The largest absolute Gasteiger partial charge is 0.504 e. The summed E-state index contributed by atoms with van der Waals surface area (Å²) in [7, 11) is 0. The van der Waals surface area contributed by atoms with Crippen molar-refractivity contribution >= 4 is 27.6 Å². The maximum atomic E-state index is 9.65. The first kappa shape index (κ1) is 8.17. The van der Waals surface area contributed by atoms with Crippen LogP contribution in [0.5, 0.6) is 5.75 Å². The highest BCUT2D eigenvalue weighted by Crippen LogP contribution is 2.37. The van der Waals surface area contributed by atoms with E-state index in [1.165, 1.54) is 0 Å². The smallest absolute Gasteiger partial charge is 0.179 e. The van der Waals surface area contributed by atoms with Crippen molar-refractivity contribution in [2.24, 2.45) is 0 Å². The van der Waals surface area contributed by atoms with Crippen molar-refractivity contribution in [1.82, 2.24) is 0 Å². The van der Waals surface area contributed by atoms with Crippen molar-refractivity contribution in [2.75, 3.05) is 5.73 Å². The number of anilines is 1. The van der Waals surface area contributed by atoms with Gasteiger partial charge in [0.25, 0.3) is 0 Å². The number of fused-ring (bicyclic) bond motifs is 3. The molecule has 0 atom stereocenters. The molecule has 2 aromatic carbocycles. The Bertz CT molecular complexity index is 655. The summed E-state index contributed by atoms with van der Waals surface area (Å²) in [6.07, 6.45) is 0. The monoisotopic (exact) mass is 199 g/mol. The number of phenols is 1. The fourth-order valence-corrected chi connectivity index (χ4v) is 1.84. The number of aromatic hydroxyl groups is 1. The first-order valence-corrected chi connectivity index (χ1v) is 4.66. The van der Waals surface area contributed by atoms with Crippen LogP contribution in [-0.2, 0) is 0 Å². The van der Waals surface area contributed by atoms with E-state index in [1.807, 2.05) is 24.3 Å². The lowest BCUT2D eigenvalue weighted by atomic mass is 10.1. The molecule has 1 heterocycles. The van der Waals surface area contributed by atoms with Gasteiger partial charge in [0.15, 0.2) is 11.3 Å². The average molecular weight is 199 g/mol. The van der Waals surface area contributed by atoms with E-state index in [0.717, 1.165) is 16.4 Å². The zero-order valence-corrected chi connectivity index (χ0v) is 7.90. The molecule has 0 aliphatic heterocycles. The van der Waals surface area contributed by atoms with Gasteiger partial charge in [0.05, 0.1) is 5.39 Å². The Morgan fingerprint density at radius 2 is 1.87 bits per heavy atom. The van der Waals surface area contributed by atoms with Crippen molar-refractivity contribution < 1.29 is 9.52 Å². The molecule has 0 bridgehead atoms. The highest BCUT2D eigenvalue weighted by molar-refractivity contribution is 6.12. The number of para-hydroxylation sites is 1. The number of phenolic OH excluding ortho intramolecular Hbond substituents is 1. The van der Waals surface area contributed by atoms with Crippen molar-refractivity contribution in [3.05, 3.63) is 36.4 Å². The van der Waals surface area contributed by atoms with Crippen LogP contribution in [0.4, 0.5) is 5.69 Å². The Kier molecular flexibility index (Phi) is 1.45. The van der Waals surface area contributed by atoms with Crippen molar-refractivity contribution in [1.29, 1.82) is 0 Å². The summed E-state index contributed by atoms with van der Waals surface area (Å²) in [5, 5.41) is 11.4. The Labute approximate surface area is 85.7 Å². The zero-order chi connectivity index (χ0) is 10.4. The highest BCUT2D eigenvalue weighted by atomic mass is 16.4. The van der Waals surface area contributed by atoms with Gasteiger partial charge < -0.3 is 15.3 Å². The predicted molar refractivity (Wildman–Crippen MR) is 59.8 cm³/mol. The van der Waals surface area contributed by atoms with Crippen LogP contribution in [0.1, 0.15) is 0 Å². The second kappa shape index (κ2) is 2.67. The lowest BCUT2D eigenvalue weighted by Crippen LogP contribution is -1.84. The molecule has 0 radical (unpaired) electrons. The van der Waals surface area contributed by atoms with Gasteiger partial charge in [0.1, 0.15) is 5.58 Å². The van der Waals surface area contributed by atoms with Crippen molar-refractivity contribution in [2.45, 2.75) is 0 Å². The molecule has 0 unspecified atom stereocenters. The molecule has 0 spiro atoms. The van der Waals surface area contributed by atoms with Gasteiger partial charge in [-0.1, -0.05) is 18.2 Å². The van der Waals surface area contributed by atoms with Crippen LogP contribution in [0, 0.1) is 0 Å². The van der Waals surface area contributed by atoms with E-state index < -0.39 is 0 Å². The molecule has 3 nitrogen and oxygen atoms in total. The SMILES string of the molecule is Nc1ccc(O)c2oc3ccccc3c12. The third-order valence-corrected chi connectivity index (χ3v) is 2.54. The quantitative estimate of drug-likeness (QED) is 0.432. The van der Waals surface area contributed by atoms with Gasteiger partial charge in [0.2, 0.25) is 0 Å². The Balaban J connectivity index is 2.66. The van der Waals surface area contributed by atoms with Gasteiger partial charge in [-0.25, -0.2) is 0 Å². The Hall–Kier alpha value is -2.16. The van der Waals surface area contributed by atoms with E-state index in [1.54, 1.807) is 12.1 Å². The maximum absolute atomic E-state index is 9.65. The molecule has 0 aliphatic rings. The van der Waals surface area contributed by atoms with Crippen molar-refractivity contribution in [3.63, 3.8) is 0 Å². The predicted octanol–water partition coefficient (Wildman–Crippen LogP) is 2.87. The van der Waals surface area contributed by atoms with E-state index in [2.05, 4.69) is 0 Å². The molecule has 3 aromatic rings. The molecule has 3 heteroatoms. The van der Waals surface area contributed by atoms with Crippen LogP contribution < -0.4 is 5.73 Å². The first-order valence-electron chi connectivity index (χ1n) is 4.66. The molecule has 0 aliphatic carbocycles. The molecule has 15 heavy (non-hydrogen) atoms. The number of benzene rings is 2. The summed E-state index contributed by atoms with van der Waals surface area (Å²) in [4.78, 5) is 0. The third kappa shape index (κ3) is 1.00. The molecule has 0 saturated heterocycles. The summed E-state index contributed by atoms with van der Waals surface area (Å²) in [5.74, 6) is 0.121. The third-order valence-electron chi connectivity index (χ3n) is 2.54. The second-order valence-corrected chi connectivity index (χ2v) is 3.48. The van der Waals surface area contributed by atoms with Gasteiger partial charge in [0, 0.05) is 11.1 Å². The Morgan fingerprint density at radius 3 is 2.73 bits per heavy atom. The zero-order valence-electron chi connectivity index (χ0n) is 7.90. The molecule has 1 aromatic heterocycles. The van der Waals surface area contributed by atoms with E-state index in [-0.39, 0.29) is 5.75 Å². The topological polar surface area (TPSA) is 59.4 Å². The van der Waals surface area contributed by atoms with Crippen LogP contribution in [0.3, 0.4) is 0 Å². The maximum Gasteiger partial charge on any atom is 0.179 e. The van der Waals surface area contributed by atoms with Crippen LogP contribution in [0.15, 0.2) is 40.8 Å². The molecule has 74 valence electrons. The highest BCUT2D eigenvalue weighted by Gasteiger charge is 2.12. The first-order chi connectivity index (χ1) is 7.27. The molecule has 3 N–H and O–H groups in total. The van der Waals surface area contributed by atoms with Crippen LogP contribution in [0.2, 0.25) is 0 Å². The number of nitrogens with two attached hydrogens (primary N) is 1. The summed E-state index contributed by atoms with van der Waals surface area (Å²) in [6, 6.07) is 10.8. The van der Waals surface area contributed by atoms with E-state index in [9.17, 15) is 5.11 Å². The van der Waals surface area contributed by atoms with E-state index >= 15 is 0 Å². The lowest BCUT2D eigenvalue weighted by Gasteiger charge is -1.96. The van der Waals surface area contributed by atoms with Crippen LogP contribution in [0.25, 0.3) is 21.9 Å². The van der Waals surface area contributed by atoms with E-state index in [0.29, 0.717) is 11.3 Å². The van der Waals surface area contributed by atoms with Crippen molar-refractivity contribution in [3.8, 4) is 5.75 Å². The second-order valence-electron chi connectivity index (χ2n) is 3.48. The minimum absolute atomic E-state index is 0.121. The van der Waals surface area contributed by atoms with Gasteiger partial charge in [-0.15, -0.1) is 0 Å². The normalized spacial score (nSPS) is 11.2. The average Bonchev–Trinajstić information content (AvgIpc) is 2.64. The fraction of sp³-hybridized carbons (Fsp3) is 0. The van der Waals surface area contributed by atoms with Crippen LogP contribution >= 0.6 is 0 Å². The number of hydrogen-bond acceptors (Lipinski definition) is 3. The summed E-state index contributed by atoms with van der Waals surface area (Å²) >= 11 is 0. The summed E-state index contributed by atoms with van der Waals surface area (Å²) in [5.41, 5.74) is 7.67. The minimum atomic E-state index is 0.121. The number of hydrogen-bond donors (Lipinski definition) is 2. The number of rotatable bonds is 0. The molecular weight excluding hydrogens is 190 g/mol. The summed E-state index contributed by atoms with van der Waals surface area (Å²) < 4.78 is 5.53. The number of nitrogen functional groups attached to an aromatic ring is 1. The van der Waals surface area contributed by atoms with Gasteiger partial charge in [-0.05, 0) is 18.2 Å². The van der Waals surface area contributed by atoms with Crippen LogP contribution in [-0.4, -0.2) is 5.11 Å². The van der Waals surface area contributed by atoms with Gasteiger partial charge in [-0.2, -0.15) is 0 Å². The molecular formula is C12H9NO2.